The molecule has 0 atom stereocenters. The molecule has 0 N–H and O–H groups in total. The first kappa shape index (κ1) is 71.4. The van der Waals surface area contributed by atoms with Gasteiger partial charge in [0.1, 0.15) is 0 Å². The van der Waals surface area contributed by atoms with E-state index in [9.17, 15) is 0 Å². The summed E-state index contributed by atoms with van der Waals surface area (Å²) in [7, 11) is 0. The highest BCUT2D eigenvalue weighted by molar-refractivity contribution is 6.19. The quantitative estimate of drug-likeness (QED) is 0.114. The Hall–Kier alpha value is -17.2. The zero-order valence-corrected chi connectivity index (χ0v) is 69.3. The molecular formula is C120H74N8. The summed E-state index contributed by atoms with van der Waals surface area (Å²) in [6.07, 6.45) is 0. The van der Waals surface area contributed by atoms with Crippen molar-refractivity contribution in [2.75, 3.05) is 0 Å². The van der Waals surface area contributed by atoms with Crippen LogP contribution < -0.4 is 0 Å². The van der Waals surface area contributed by atoms with Crippen LogP contribution in [0.2, 0.25) is 0 Å². The fraction of sp³-hybridized carbons (Fsp3) is 0. The SMILES string of the molecule is c1ccc(-n2c3ccccc3c3cc(-c4ccc5c(c4)c4cc(-c6ccc7c(c6)c6ccccc6n7-c6ccccc6)ccc4n5-c4ccc(-c5nc(-c6cccc(-n7c8ccc(-c9ccc%10c(c9)c9ccccc9n%10-c9ccccc9)cc8c8cc(-c9ccc%10c(c9)c9ccccc9n%10-c9ccccc9)ccc87)c6)nc6c5ccc5ccccc56)cc4)ccc32)cc1. The molecule has 7 heterocycles. The van der Waals surface area contributed by atoms with Crippen LogP contribution in [0.15, 0.2) is 449 Å². The highest BCUT2D eigenvalue weighted by Gasteiger charge is 2.25. The molecule has 7 aromatic heterocycles. The fourth-order valence-electron chi connectivity index (χ4n) is 21.1. The van der Waals surface area contributed by atoms with E-state index in [2.05, 4.69) is 476 Å². The predicted octanol–water partition coefficient (Wildman–Crippen LogP) is 31.4. The Labute approximate surface area is 735 Å². The summed E-state index contributed by atoms with van der Waals surface area (Å²) >= 11 is 0. The lowest BCUT2D eigenvalue weighted by Gasteiger charge is -2.14. The minimum atomic E-state index is 0.643. The second kappa shape index (κ2) is 28.2. The van der Waals surface area contributed by atoms with Crippen LogP contribution in [0.4, 0.5) is 0 Å². The first-order valence-electron chi connectivity index (χ1n) is 43.9. The maximum atomic E-state index is 5.74. The first-order valence-corrected chi connectivity index (χ1v) is 43.9. The average molecular weight is 1630 g/mol. The van der Waals surface area contributed by atoms with Crippen molar-refractivity contribution in [2.24, 2.45) is 0 Å². The molecule has 27 rings (SSSR count). The highest BCUT2D eigenvalue weighted by atomic mass is 15.0. The molecule has 0 bridgehead atoms. The number of nitrogens with zero attached hydrogens (tertiary/aromatic N) is 8. The number of hydrogen-bond acceptors (Lipinski definition) is 2. The van der Waals surface area contributed by atoms with Gasteiger partial charge in [-0.25, -0.2) is 9.97 Å². The van der Waals surface area contributed by atoms with E-state index >= 15 is 0 Å². The van der Waals surface area contributed by atoms with E-state index in [-0.39, 0.29) is 0 Å². The maximum Gasteiger partial charge on any atom is 0.160 e. The van der Waals surface area contributed by atoms with E-state index in [0.29, 0.717) is 5.82 Å². The van der Waals surface area contributed by atoms with Gasteiger partial charge in [-0.05, 0) is 250 Å². The Balaban J connectivity index is 0.601. The molecule has 0 aliphatic carbocycles. The van der Waals surface area contributed by atoms with Gasteiger partial charge in [0.2, 0.25) is 0 Å². The molecule has 128 heavy (non-hydrogen) atoms. The number of fused-ring (bicyclic) bond motifs is 21. The molecule has 0 unspecified atom stereocenters. The van der Waals surface area contributed by atoms with Crippen LogP contribution in [0.25, 0.3) is 254 Å². The third-order valence-corrected chi connectivity index (χ3v) is 27.0. The minimum absolute atomic E-state index is 0.643. The van der Waals surface area contributed by atoms with E-state index in [4.69, 9.17) is 9.97 Å². The summed E-state index contributed by atoms with van der Waals surface area (Å²) in [5, 5.41) is 17.6. The largest absolute Gasteiger partial charge is 0.309 e. The van der Waals surface area contributed by atoms with E-state index in [1.165, 1.54) is 98.0 Å². The lowest BCUT2D eigenvalue weighted by molar-refractivity contribution is 1.17. The van der Waals surface area contributed by atoms with Gasteiger partial charge in [-0.3, -0.25) is 0 Å². The molecular weight excluding hydrogens is 1550 g/mol. The van der Waals surface area contributed by atoms with Crippen molar-refractivity contribution in [2.45, 2.75) is 0 Å². The standard InChI is InChI=1S/C120H74N8/c1-5-26-86(27-6-1)123-106-40-19-15-36-93(106)98-67-77(47-58-110(98)123)81-51-62-114-102(71-81)103-72-82(78-48-59-111-99(68-78)94-37-16-20-41-107(94)124(111)87-28-7-2-8-29-87)52-63-115(103)127(114)90-55-44-76(45-56-90)118-97-57-46-75-24-13-14-35-92(75)119(97)122-120(121-118)85-25-23-34-91(66-85)128-116-64-53-83(79-49-60-112-100(69-79)95-38-17-21-42-108(95)125(112)88-30-9-3-10-31-88)73-104(116)105-74-84(54-65-117(105)128)80-50-61-113-101(70-80)96-39-18-22-43-109(96)126(113)89-32-11-4-12-33-89/h1-74H. The number of rotatable bonds is 12. The van der Waals surface area contributed by atoms with Crippen molar-refractivity contribution >= 4 is 153 Å². The zero-order chi connectivity index (χ0) is 83.8. The van der Waals surface area contributed by atoms with Gasteiger partial charge < -0.3 is 27.4 Å². The van der Waals surface area contributed by atoms with Crippen molar-refractivity contribution in [3.05, 3.63) is 449 Å². The summed E-state index contributed by atoms with van der Waals surface area (Å²) in [5.41, 5.74) is 33.3. The Morgan fingerprint density at radius 2 is 0.383 bits per heavy atom. The molecule has 8 heteroatoms. The smallest absolute Gasteiger partial charge is 0.160 e. The Kier molecular flexibility index (Phi) is 15.7. The molecule has 0 fully saturated rings. The summed E-state index contributed by atoms with van der Waals surface area (Å²) < 4.78 is 14.5. The van der Waals surface area contributed by atoms with Crippen molar-refractivity contribution in [3.8, 4) is 101 Å². The van der Waals surface area contributed by atoms with Crippen LogP contribution in [-0.2, 0) is 0 Å². The summed E-state index contributed by atoms with van der Waals surface area (Å²) in [5.74, 6) is 0.643. The molecule has 8 nitrogen and oxygen atoms in total. The molecule has 0 saturated carbocycles. The van der Waals surface area contributed by atoms with Crippen molar-refractivity contribution in [3.63, 3.8) is 0 Å². The van der Waals surface area contributed by atoms with E-state index in [1.54, 1.807) is 0 Å². The Bertz CT molecular complexity index is 8880. The van der Waals surface area contributed by atoms with Crippen LogP contribution in [0.1, 0.15) is 0 Å². The number of aromatic nitrogens is 8. The maximum absolute atomic E-state index is 5.74. The summed E-state index contributed by atoms with van der Waals surface area (Å²) in [6, 6.07) is 165. The minimum Gasteiger partial charge on any atom is -0.309 e. The van der Waals surface area contributed by atoms with Crippen LogP contribution in [0, 0.1) is 0 Å². The Morgan fingerprint density at radius 3 is 0.711 bits per heavy atom. The number of hydrogen-bond donors (Lipinski definition) is 0. The lowest BCUT2D eigenvalue weighted by Crippen LogP contribution is -1.99. The van der Waals surface area contributed by atoms with Gasteiger partial charge in [-0.15, -0.1) is 0 Å². The second-order valence-corrected chi connectivity index (χ2v) is 34.0. The molecule has 0 aliphatic rings. The highest BCUT2D eigenvalue weighted by Crippen LogP contribution is 2.47. The van der Waals surface area contributed by atoms with Crippen LogP contribution in [0.3, 0.4) is 0 Å². The van der Waals surface area contributed by atoms with Gasteiger partial charge in [-0.1, -0.05) is 249 Å². The van der Waals surface area contributed by atoms with E-state index in [1.807, 2.05) is 0 Å². The molecule has 27 aromatic rings. The van der Waals surface area contributed by atoms with Crippen molar-refractivity contribution in [1.82, 2.24) is 37.4 Å². The second-order valence-electron chi connectivity index (χ2n) is 34.0. The van der Waals surface area contributed by atoms with E-state index in [0.717, 1.165) is 150 Å². The van der Waals surface area contributed by atoms with Gasteiger partial charge in [0.05, 0.1) is 77.4 Å². The van der Waals surface area contributed by atoms with Gasteiger partial charge in [0.25, 0.3) is 0 Å². The molecule has 0 saturated heterocycles. The monoisotopic (exact) mass is 1630 g/mol. The number of para-hydroxylation sites is 8. The number of benzene rings is 20. The molecule has 20 aromatic carbocycles. The summed E-state index contributed by atoms with van der Waals surface area (Å²) in [4.78, 5) is 11.4. The van der Waals surface area contributed by atoms with Crippen LogP contribution in [-0.4, -0.2) is 37.4 Å². The molecule has 0 aliphatic heterocycles. The fourth-order valence-corrected chi connectivity index (χ4v) is 21.1. The van der Waals surface area contributed by atoms with Crippen molar-refractivity contribution < 1.29 is 0 Å². The van der Waals surface area contributed by atoms with Gasteiger partial charge in [0, 0.05) is 121 Å². The van der Waals surface area contributed by atoms with Crippen LogP contribution in [0.5, 0.6) is 0 Å². The molecule has 594 valence electrons. The van der Waals surface area contributed by atoms with Gasteiger partial charge in [0.15, 0.2) is 5.82 Å². The van der Waals surface area contributed by atoms with Crippen molar-refractivity contribution in [1.29, 1.82) is 0 Å². The average Bonchev–Trinajstić information content (AvgIpc) is 1.55. The Morgan fingerprint density at radius 1 is 0.133 bits per heavy atom. The summed E-state index contributed by atoms with van der Waals surface area (Å²) in [6.45, 7) is 0. The molecule has 0 amide bonds. The van der Waals surface area contributed by atoms with Gasteiger partial charge in [-0.2, -0.15) is 0 Å². The van der Waals surface area contributed by atoms with E-state index < -0.39 is 0 Å². The third-order valence-electron chi connectivity index (χ3n) is 27.0. The lowest BCUT2D eigenvalue weighted by atomic mass is 9.98. The first-order chi connectivity index (χ1) is 63.5. The molecule has 0 spiro atoms. The third kappa shape index (κ3) is 11.0. The normalized spacial score (nSPS) is 12.1. The zero-order valence-electron chi connectivity index (χ0n) is 69.3. The van der Waals surface area contributed by atoms with Crippen LogP contribution >= 0.6 is 0 Å². The van der Waals surface area contributed by atoms with Gasteiger partial charge >= 0.3 is 0 Å². The molecule has 0 radical (unpaired) electrons. The topological polar surface area (TPSA) is 55.4 Å². The predicted molar refractivity (Wildman–Crippen MR) is 536 cm³/mol.